The summed E-state index contributed by atoms with van der Waals surface area (Å²) in [6.45, 7) is 2.49. The molecule has 0 saturated heterocycles. The molecule has 6 nitrogen and oxygen atoms in total. The zero-order chi connectivity index (χ0) is 13.1. The number of rotatable bonds is 4. The number of hydrogen-bond acceptors (Lipinski definition) is 5. The summed E-state index contributed by atoms with van der Waals surface area (Å²) < 4.78 is 5.24. The molecule has 0 radical (unpaired) electrons. The van der Waals surface area contributed by atoms with E-state index in [1.807, 2.05) is 31.3 Å². The normalized spacial score (nSPS) is 10.6. The first-order chi connectivity index (χ1) is 9.33. The van der Waals surface area contributed by atoms with Crippen LogP contribution in [0.5, 0.6) is 0 Å². The molecule has 3 heterocycles. The predicted octanol–water partition coefficient (Wildman–Crippen LogP) is 2.38. The van der Waals surface area contributed by atoms with Gasteiger partial charge in [0, 0.05) is 18.0 Å². The Morgan fingerprint density at radius 3 is 3.05 bits per heavy atom. The third-order valence-corrected chi connectivity index (χ3v) is 2.76. The number of nitrogens with zero attached hydrogens (tertiary/aromatic N) is 3. The van der Waals surface area contributed by atoms with Gasteiger partial charge >= 0.3 is 0 Å². The van der Waals surface area contributed by atoms with Crippen molar-refractivity contribution in [3.05, 3.63) is 48.3 Å². The fourth-order valence-corrected chi connectivity index (χ4v) is 1.79. The van der Waals surface area contributed by atoms with E-state index < -0.39 is 0 Å². The maximum atomic E-state index is 5.24. The van der Waals surface area contributed by atoms with Crippen molar-refractivity contribution in [2.24, 2.45) is 0 Å². The zero-order valence-electron chi connectivity index (χ0n) is 10.4. The summed E-state index contributed by atoms with van der Waals surface area (Å²) in [5, 5.41) is 10.0. The SMILES string of the molecule is Cc1n[nH]cc1-c1ccnc(NCc2ccco2)n1. The third-order valence-electron chi connectivity index (χ3n) is 2.76. The molecule has 0 aliphatic rings. The monoisotopic (exact) mass is 255 g/mol. The molecular weight excluding hydrogens is 242 g/mol. The van der Waals surface area contributed by atoms with Gasteiger partial charge in [-0.1, -0.05) is 0 Å². The third kappa shape index (κ3) is 2.47. The average Bonchev–Trinajstić information content (AvgIpc) is 3.08. The van der Waals surface area contributed by atoms with Crippen LogP contribution in [0, 0.1) is 6.92 Å². The summed E-state index contributed by atoms with van der Waals surface area (Å²) in [5.74, 6) is 1.41. The quantitative estimate of drug-likeness (QED) is 0.748. The largest absolute Gasteiger partial charge is 0.467 e. The minimum absolute atomic E-state index is 0.556. The van der Waals surface area contributed by atoms with Crippen LogP contribution < -0.4 is 5.32 Å². The molecule has 0 amide bonds. The van der Waals surface area contributed by atoms with Gasteiger partial charge in [-0.3, -0.25) is 5.10 Å². The summed E-state index contributed by atoms with van der Waals surface area (Å²) in [7, 11) is 0. The maximum absolute atomic E-state index is 5.24. The van der Waals surface area contributed by atoms with Crippen LogP contribution in [0.2, 0.25) is 0 Å². The van der Waals surface area contributed by atoms with E-state index in [1.165, 1.54) is 0 Å². The predicted molar refractivity (Wildman–Crippen MR) is 70.4 cm³/mol. The number of aromatic nitrogens is 4. The number of nitrogens with one attached hydrogen (secondary N) is 2. The Labute approximate surface area is 109 Å². The van der Waals surface area contributed by atoms with Gasteiger partial charge in [-0.2, -0.15) is 5.10 Å². The van der Waals surface area contributed by atoms with Gasteiger partial charge in [-0.15, -0.1) is 0 Å². The second-order valence-corrected chi connectivity index (χ2v) is 4.08. The lowest BCUT2D eigenvalue weighted by atomic mass is 10.2. The fourth-order valence-electron chi connectivity index (χ4n) is 1.79. The van der Waals surface area contributed by atoms with E-state index in [2.05, 4.69) is 25.5 Å². The van der Waals surface area contributed by atoms with Crippen LogP contribution in [0.15, 0.2) is 41.3 Å². The Morgan fingerprint density at radius 2 is 2.32 bits per heavy atom. The molecule has 2 N–H and O–H groups in total. The van der Waals surface area contributed by atoms with Gasteiger partial charge in [0.05, 0.1) is 24.2 Å². The number of hydrogen-bond donors (Lipinski definition) is 2. The molecular formula is C13H13N5O. The first-order valence-electron chi connectivity index (χ1n) is 5.93. The van der Waals surface area contributed by atoms with Crippen molar-refractivity contribution >= 4 is 5.95 Å². The van der Waals surface area contributed by atoms with Crippen LogP contribution in [-0.4, -0.2) is 20.2 Å². The minimum Gasteiger partial charge on any atom is -0.467 e. The van der Waals surface area contributed by atoms with Gasteiger partial charge in [0.15, 0.2) is 0 Å². The zero-order valence-corrected chi connectivity index (χ0v) is 10.4. The molecule has 96 valence electrons. The highest BCUT2D eigenvalue weighted by atomic mass is 16.3. The second-order valence-electron chi connectivity index (χ2n) is 4.08. The topological polar surface area (TPSA) is 79.6 Å². The molecule has 19 heavy (non-hydrogen) atoms. The van der Waals surface area contributed by atoms with Crippen molar-refractivity contribution in [2.45, 2.75) is 13.5 Å². The Morgan fingerprint density at radius 1 is 1.37 bits per heavy atom. The standard InChI is InChI=1S/C13H13N5O/c1-9-11(8-16-18-9)12-4-5-14-13(17-12)15-7-10-3-2-6-19-10/h2-6,8H,7H2,1H3,(H,16,18)(H,14,15,17). The molecule has 0 bridgehead atoms. The van der Waals surface area contributed by atoms with Crippen LogP contribution in [0.1, 0.15) is 11.5 Å². The van der Waals surface area contributed by atoms with Crippen molar-refractivity contribution in [3.8, 4) is 11.3 Å². The molecule has 3 rings (SSSR count). The number of aryl methyl sites for hydroxylation is 1. The molecule has 3 aromatic heterocycles. The number of furan rings is 1. The van der Waals surface area contributed by atoms with Crippen LogP contribution in [-0.2, 0) is 6.54 Å². The van der Waals surface area contributed by atoms with Crippen molar-refractivity contribution in [3.63, 3.8) is 0 Å². The van der Waals surface area contributed by atoms with E-state index in [-0.39, 0.29) is 0 Å². The molecule has 0 saturated carbocycles. The summed E-state index contributed by atoms with van der Waals surface area (Å²) in [4.78, 5) is 8.64. The van der Waals surface area contributed by atoms with Crippen LogP contribution in [0.3, 0.4) is 0 Å². The highest BCUT2D eigenvalue weighted by Crippen LogP contribution is 2.19. The Hall–Kier alpha value is -2.63. The summed E-state index contributed by atoms with van der Waals surface area (Å²) in [5.41, 5.74) is 2.72. The molecule has 6 heteroatoms. The number of aromatic amines is 1. The van der Waals surface area contributed by atoms with Crippen LogP contribution in [0.4, 0.5) is 5.95 Å². The van der Waals surface area contributed by atoms with Gasteiger partial charge in [-0.25, -0.2) is 9.97 Å². The molecule has 0 spiro atoms. The lowest BCUT2D eigenvalue weighted by molar-refractivity contribution is 0.517. The van der Waals surface area contributed by atoms with Gasteiger partial charge in [0.1, 0.15) is 5.76 Å². The maximum Gasteiger partial charge on any atom is 0.223 e. The number of H-pyrrole nitrogens is 1. The van der Waals surface area contributed by atoms with Crippen molar-refractivity contribution in [1.29, 1.82) is 0 Å². The Kier molecular flexibility index (Phi) is 2.97. The average molecular weight is 255 g/mol. The van der Waals surface area contributed by atoms with Crippen LogP contribution in [0.25, 0.3) is 11.3 Å². The first kappa shape index (κ1) is 11.5. The summed E-state index contributed by atoms with van der Waals surface area (Å²) >= 11 is 0. The van der Waals surface area contributed by atoms with E-state index in [0.717, 1.165) is 22.7 Å². The van der Waals surface area contributed by atoms with E-state index in [1.54, 1.807) is 12.5 Å². The van der Waals surface area contributed by atoms with Gasteiger partial charge in [0.2, 0.25) is 5.95 Å². The lowest BCUT2D eigenvalue weighted by Gasteiger charge is -2.04. The Balaban J connectivity index is 1.78. The summed E-state index contributed by atoms with van der Waals surface area (Å²) in [6, 6.07) is 5.61. The smallest absolute Gasteiger partial charge is 0.223 e. The fraction of sp³-hybridized carbons (Fsp3) is 0.154. The molecule has 0 aromatic carbocycles. The van der Waals surface area contributed by atoms with E-state index >= 15 is 0 Å². The lowest BCUT2D eigenvalue weighted by Crippen LogP contribution is -2.03. The Bertz CT molecular complexity index is 659. The molecule has 0 fully saturated rings. The summed E-state index contributed by atoms with van der Waals surface area (Å²) in [6.07, 6.45) is 5.19. The van der Waals surface area contributed by atoms with E-state index in [0.29, 0.717) is 12.5 Å². The van der Waals surface area contributed by atoms with E-state index in [4.69, 9.17) is 4.42 Å². The van der Waals surface area contributed by atoms with E-state index in [9.17, 15) is 0 Å². The van der Waals surface area contributed by atoms with Crippen molar-refractivity contribution in [1.82, 2.24) is 20.2 Å². The first-order valence-corrected chi connectivity index (χ1v) is 5.93. The van der Waals surface area contributed by atoms with Crippen LogP contribution >= 0.6 is 0 Å². The molecule has 0 aliphatic heterocycles. The van der Waals surface area contributed by atoms with Crippen molar-refractivity contribution < 1.29 is 4.42 Å². The molecule has 0 atom stereocenters. The van der Waals surface area contributed by atoms with Gasteiger partial charge in [-0.05, 0) is 25.1 Å². The molecule has 0 aliphatic carbocycles. The van der Waals surface area contributed by atoms with Gasteiger partial charge < -0.3 is 9.73 Å². The second kappa shape index (κ2) is 4.93. The van der Waals surface area contributed by atoms with Crippen molar-refractivity contribution in [2.75, 3.05) is 5.32 Å². The molecule has 0 unspecified atom stereocenters. The van der Waals surface area contributed by atoms with Gasteiger partial charge in [0.25, 0.3) is 0 Å². The molecule has 3 aromatic rings. The highest BCUT2D eigenvalue weighted by Gasteiger charge is 2.07. The number of anilines is 1. The highest BCUT2D eigenvalue weighted by molar-refractivity contribution is 5.61. The minimum atomic E-state index is 0.556.